The number of nitrogens with one attached hydrogen (secondary N) is 2. The summed E-state index contributed by atoms with van der Waals surface area (Å²) in [5.74, 6) is 1.45. The summed E-state index contributed by atoms with van der Waals surface area (Å²) in [6.07, 6.45) is 6.48. The van der Waals surface area contributed by atoms with Crippen LogP contribution in [0.2, 0.25) is 0 Å². The highest BCUT2D eigenvalue weighted by molar-refractivity contribution is 5.92. The topological polar surface area (TPSA) is 67.0 Å². The highest BCUT2D eigenvalue weighted by Crippen LogP contribution is 2.39. The van der Waals surface area contributed by atoms with Gasteiger partial charge in [0.05, 0.1) is 6.10 Å². The molecule has 0 bridgehead atoms. The molecule has 0 spiro atoms. The van der Waals surface area contributed by atoms with Crippen LogP contribution >= 0.6 is 0 Å². The van der Waals surface area contributed by atoms with Crippen LogP contribution < -0.4 is 10.1 Å². The summed E-state index contributed by atoms with van der Waals surface area (Å²) >= 11 is 0. The van der Waals surface area contributed by atoms with Crippen LogP contribution in [0.1, 0.15) is 60.6 Å². The molecule has 5 heteroatoms. The molecule has 0 atom stereocenters. The van der Waals surface area contributed by atoms with Crippen molar-refractivity contribution >= 4 is 5.91 Å². The van der Waals surface area contributed by atoms with Crippen LogP contribution in [0.15, 0.2) is 36.4 Å². The van der Waals surface area contributed by atoms with Gasteiger partial charge >= 0.3 is 0 Å². The number of aromatic amines is 1. The van der Waals surface area contributed by atoms with E-state index in [9.17, 15) is 4.79 Å². The third-order valence-electron chi connectivity index (χ3n) is 4.90. The number of benzene rings is 1. The van der Waals surface area contributed by atoms with Gasteiger partial charge in [-0.05, 0) is 56.7 Å². The largest absolute Gasteiger partial charge is 0.490 e. The molecule has 0 unspecified atom stereocenters. The lowest BCUT2D eigenvalue weighted by Crippen LogP contribution is -2.39. The maximum atomic E-state index is 12.3. The third-order valence-corrected chi connectivity index (χ3v) is 4.90. The number of carbonyl (C=O) groups excluding carboxylic acids is 1. The zero-order valence-electron chi connectivity index (χ0n) is 13.7. The Labute approximate surface area is 141 Å². The molecule has 1 aromatic heterocycles. The summed E-state index contributed by atoms with van der Waals surface area (Å²) in [5, 5.41) is 10.3. The Morgan fingerprint density at radius 1 is 1.08 bits per heavy atom. The molecule has 24 heavy (non-hydrogen) atoms. The van der Waals surface area contributed by atoms with E-state index in [0.717, 1.165) is 37.1 Å². The van der Waals surface area contributed by atoms with E-state index in [4.69, 9.17) is 4.74 Å². The molecular weight excluding hydrogens is 302 g/mol. The van der Waals surface area contributed by atoms with Crippen molar-refractivity contribution < 1.29 is 9.53 Å². The number of para-hydroxylation sites is 1. The SMILES string of the molecule is O=C(NC1CCC(Oc2ccccc2)CC1)c1cc(C2CC2)[nH]n1. The second-order valence-corrected chi connectivity index (χ2v) is 6.86. The lowest BCUT2D eigenvalue weighted by atomic mass is 9.93. The molecule has 2 saturated carbocycles. The van der Waals surface area contributed by atoms with Crippen molar-refractivity contribution in [2.24, 2.45) is 0 Å². The molecule has 1 aromatic carbocycles. The quantitative estimate of drug-likeness (QED) is 0.885. The fourth-order valence-electron chi connectivity index (χ4n) is 3.33. The van der Waals surface area contributed by atoms with Gasteiger partial charge in [0, 0.05) is 17.7 Å². The lowest BCUT2D eigenvalue weighted by molar-refractivity contribution is 0.0889. The molecule has 2 aromatic rings. The minimum atomic E-state index is -0.0643. The van der Waals surface area contributed by atoms with Gasteiger partial charge in [0.25, 0.3) is 5.91 Å². The van der Waals surface area contributed by atoms with Gasteiger partial charge in [0.2, 0.25) is 0 Å². The highest BCUT2D eigenvalue weighted by atomic mass is 16.5. The van der Waals surface area contributed by atoms with Crippen molar-refractivity contribution in [3.8, 4) is 5.75 Å². The fraction of sp³-hybridized carbons (Fsp3) is 0.474. The van der Waals surface area contributed by atoms with Gasteiger partial charge in [-0.3, -0.25) is 9.89 Å². The smallest absolute Gasteiger partial charge is 0.271 e. The first kappa shape index (κ1) is 15.2. The second-order valence-electron chi connectivity index (χ2n) is 6.86. The summed E-state index contributed by atoms with van der Waals surface area (Å²) < 4.78 is 6.00. The number of H-pyrrole nitrogens is 1. The first-order valence-electron chi connectivity index (χ1n) is 8.86. The molecule has 0 radical (unpaired) electrons. The first-order chi connectivity index (χ1) is 11.8. The van der Waals surface area contributed by atoms with E-state index >= 15 is 0 Å². The fourth-order valence-corrected chi connectivity index (χ4v) is 3.33. The van der Waals surface area contributed by atoms with Crippen LogP contribution in [0.3, 0.4) is 0 Å². The number of carbonyl (C=O) groups is 1. The maximum absolute atomic E-state index is 12.3. The second kappa shape index (κ2) is 6.67. The third kappa shape index (κ3) is 3.61. The summed E-state index contributed by atoms with van der Waals surface area (Å²) in [7, 11) is 0. The standard InChI is InChI=1S/C19H23N3O2/c23-19(18-12-17(21-22-18)13-6-7-13)20-14-8-10-16(11-9-14)24-15-4-2-1-3-5-15/h1-5,12-14,16H,6-11H2,(H,20,23)(H,21,22). The van der Waals surface area contributed by atoms with Crippen LogP contribution in [-0.4, -0.2) is 28.3 Å². The van der Waals surface area contributed by atoms with Gasteiger partial charge in [-0.2, -0.15) is 5.10 Å². The molecule has 0 aliphatic heterocycles. The van der Waals surface area contributed by atoms with Crippen molar-refractivity contribution in [3.05, 3.63) is 47.8 Å². The average Bonchev–Trinajstić information content (AvgIpc) is 3.34. The van der Waals surface area contributed by atoms with Crippen molar-refractivity contribution in [2.75, 3.05) is 0 Å². The molecule has 2 aliphatic carbocycles. The molecule has 4 rings (SSSR count). The van der Waals surface area contributed by atoms with Gasteiger partial charge < -0.3 is 10.1 Å². The van der Waals surface area contributed by atoms with Gasteiger partial charge in [0.1, 0.15) is 11.4 Å². The van der Waals surface area contributed by atoms with Gasteiger partial charge in [-0.1, -0.05) is 18.2 Å². The predicted octanol–water partition coefficient (Wildman–Crippen LogP) is 3.41. The molecule has 2 N–H and O–H groups in total. The van der Waals surface area contributed by atoms with Crippen LogP contribution in [0.5, 0.6) is 5.75 Å². The van der Waals surface area contributed by atoms with Crippen molar-refractivity contribution in [2.45, 2.75) is 56.6 Å². The number of hydrogen-bond donors (Lipinski definition) is 2. The van der Waals surface area contributed by atoms with E-state index < -0.39 is 0 Å². The van der Waals surface area contributed by atoms with Crippen LogP contribution in [-0.2, 0) is 0 Å². The maximum Gasteiger partial charge on any atom is 0.271 e. The Kier molecular flexibility index (Phi) is 4.24. The normalized spacial score (nSPS) is 23.7. The monoisotopic (exact) mass is 325 g/mol. The zero-order chi connectivity index (χ0) is 16.4. The van der Waals surface area contributed by atoms with Crippen LogP contribution in [0.4, 0.5) is 0 Å². The van der Waals surface area contributed by atoms with E-state index in [2.05, 4.69) is 15.5 Å². The predicted molar refractivity (Wildman–Crippen MR) is 91.1 cm³/mol. The number of amides is 1. The number of hydrogen-bond acceptors (Lipinski definition) is 3. The van der Waals surface area contributed by atoms with Crippen molar-refractivity contribution in [3.63, 3.8) is 0 Å². The summed E-state index contributed by atoms with van der Waals surface area (Å²) in [6, 6.07) is 12.1. The number of aromatic nitrogens is 2. The molecular formula is C19H23N3O2. The molecule has 2 aliphatic rings. The number of ether oxygens (including phenoxy) is 1. The Bertz CT molecular complexity index is 686. The minimum absolute atomic E-state index is 0.0643. The van der Waals surface area contributed by atoms with Crippen LogP contribution in [0, 0.1) is 0 Å². The van der Waals surface area contributed by atoms with Gasteiger partial charge in [0.15, 0.2) is 0 Å². The van der Waals surface area contributed by atoms with E-state index in [1.165, 1.54) is 12.8 Å². The minimum Gasteiger partial charge on any atom is -0.490 e. The summed E-state index contributed by atoms with van der Waals surface area (Å²) in [5.41, 5.74) is 1.61. The van der Waals surface area contributed by atoms with E-state index in [0.29, 0.717) is 11.6 Å². The van der Waals surface area contributed by atoms with Crippen molar-refractivity contribution in [1.82, 2.24) is 15.5 Å². The average molecular weight is 325 g/mol. The van der Waals surface area contributed by atoms with Gasteiger partial charge in [-0.25, -0.2) is 0 Å². The molecule has 1 heterocycles. The number of rotatable bonds is 5. The Hall–Kier alpha value is -2.30. The number of nitrogens with zero attached hydrogens (tertiary/aromatic N) is 1. The first-order valence-corrected chi connectivity index (χ1v) is 8.86. The Balaban J connectivity index is 1.25. The van der Waals surface area contributed by atoms with Crippen molar-refractivity contribution in [1.29, 1.82) is 0 Å². The van der Waals surface area contributed by atoms with Crippen LogP contribution in [0.25, 0.3) is 0 Å². The summed E-state index contributed by atoms with van der Waals surface area (Å²) in [4.78, 5) is 12.3. The highest BCUT2D eigenvalue weighted by Gasteiger charge is 2.28. The summed E-state index contributed by atoms with van der Waals surface area (Å²) in [6.45, 7) is 0. The molecule has 0 saturated heterocycles. The molecule has 126 valence electrons. The van der Waals surface area contributed by atoms with Gasteiger partial charge in [-0.15, -0.1) is 0 Å². The zero-order valence-corrected chi connectivity index (χ0v) is 13.7. The Morgan fingerprint density at radius 2 is 1.83 bits per heavy atom. The molecule has 1 amide bonds. The molecule has 5 nitrogen and oxygen atoms in total. The Morgan fingerprint density at radius 3 is 2.54 bits per heavy atom. The van der Waals surface area contributed by atoms with E-state index in [1.54, 1.807) is 0 Å². The van der Waals surface area contributed by atoms with E-state index in [1.807, 2.05) is 36.4 Å². The molecule has 2 fully saturated rings. The lowest BCUT2D eigenvalue weighted by Gasteiger charge is -2.29. The van der Waals surface area contributed by atoms with E-state index in [-0.39, 0.29) is 18.1 Å².